The second-order valence-corrected chi connectivity index (χ2v) is 8.48. The van der Waals surface area contributed by atoms with Crippen LogP contribution in [0.5, 0.6) is 0 Å². The van der Waals surface area contributed by atoms with Gasteiger partial charge in [-0.3, -0.25) is 4.79 Å². The molecule has 0 unspecified atom stereocenters. The highest BCUT2D eigenvalue weighted by molar-refractivity contribution is 5.87. The van der Waals surface area contributed by atoms with Crippen molar-refractivity contribution in [1.82, 2.24) is 24.8 Å². The largest absolute Gasteiger partial charge is 0.352 e. The summed E-state index contributed by atoms with van der Waals surface area (Å²) in [6.07, 6.45) is 7.66. The first-order chi connectivity index (χ1) is 13.7. The topological polar surface area (TPSA) is 94.4 Å². The van der Waals surface area contributed by atoms with E-state index in [1.165, 1.54) is 0 Å². The monoisotopic (exact) mass is 383 g/mol. The van der Waals surface area contributed by atoms with Crippen LogP contribution in [0.3, 0.4) is 0 Å². The zero-order chi connectivity index (χ0) is 19.1. The van der Waals surface area contributed by atoms with Gasteiger partial charge in [0.05, 0.1) is 10.9 Å². The standard InChI is InChI=1S/C20H29N7O/c21-6-10-25-8-2-15(3-9-25)19(28)27-12-11-26(13-20(27)4-5-20)18-16-1-7-22-17(16)23-14-24-18/h1,7,14-15H,2-6,8-13,21H2,(H,22,23,24). The molecule has 3 aliphatic rings. The number of likely N-dealkylation sites (tertiary alicyclic amines) is 1. The predicted octanol–water partition coefficient (Wildman–Crippen LogP) is 0.810. The van der Waals surface area contributed by atoms with E-state index in [-0.39, 0.29) is 11.5 Å². The van der Waals surface area contributed by atoms with Gasteiger partial charge < -0.3 is 25.4 Å². The third-order valence-corrected chi connectivity index (χ3v) is 6.76. The van der Waals surface area contributed by atoms with Crippen molar-refractivity contribution in [2.24, 2.45) is 11.7 Å². The van der Waals surface area contributed by atoms with Gasteiger partial charge in [-0.25, -0.2) is 9.97 Å². The SMILES string of the molecule is NCCN1CCC(C(=O)N2CCN(c3ncnc4[nH]ccc34)CC23CC3)CC1. The van der Waals surface area contributed by atoms with Crippen molar-refractivity contribution in [2.75, 3.05) is 50.7 Å². The zero-order valence-electron chi connectivity index (χ0n) is 16.3. The first-order valence-electron chi connectivity index (χ1n) is 10.5. The van der Waals surface area contributed by atoms with Crippen LogP contribution in [-0.4, -0.2) is 82.0 Å². The molecule has 1 amide bonds. The number of aromatic nitrogens is 3. The molecule has 3 fully saturated rings. The van der Waals surface area contributed by atoms with E-state index in [2.05, 4.69) is 29.7 Å². The van der Waals surface area contributed by atoms with Gasteiger partial charge in [-0.1, -0.05) is 0 Å². The van der Waals surface area contributed by atoms with E-state index in [0.717, 1.165) is 81.8 Å². The molecule has 1 saturated carbocycles. The van der Waals surface area contributed by atoms with E-state index >= 15 is 0 Å². The predicted molar refractivity (Wildman–Crippen MR) is 108 cm³/mol. The molecule has 28 heavy (non-hydrogen) atoms. The molecule has 2 aliphatic heterocycles. The Morgan fingerprint density at radius 2 is 2.04 bits per heavy atom. The van der Waals surface area contributed by atoms with Crippen molar-refractivity contribution in [2.45, 2.75) is 31.2 Å². The number of carbonyl (C=O) groups excluding carboxylic acids is 1. The minimum Gasteiger partial charge on any atom is -0.352 e. The molecule has 150 valence electrons. The molecule has 1 spiro atoms. The fourth-order valence-electron chi connectivity index (χ4n) is 4.99. The number of nitrogens with zero attached hydrogens (tertiary/aromatic N) is 5. The third kappa shape index (κ3) is 3.04. The Labute approximate surface area is 165 Å². The van der Waals surface area contributed by atoms with E-state index in [0.29, 0.717) is 12.5 Å². The molecule has 2 saturated heterocycles. The van der Waals surface area contributed by atoms with Crippen molar-refractivity contribution >= 4 is 22.8 Å². The highest BCUT2D eigenvalue weighted by atomic mass is 16.2. The Morgan fingerprint density at radius 1 is 1.21 bits per heavy atom. The summed E-state index contributed by atoms with van der Waals surface area (Å²) in [6.45, 7) is 6.12. The van der Waals surface area contributed by atoms with Gasteiger partial charge in [0.1, 0.15) is 17.8 Å². The fourth-order valence-corrected chi connectivity index (χ4v) is 4.99. The van der Waals surface area contributed by atoms with E-state index in [1.807, 2.05) is 12.3 Å². The maximum Gasteiger partial charge on any atom is 0.226 e. The van der Waals surface area contributed by atoms with E-state index < -0.39 is 0 Å². The van der Waals surface area contributed by atoms with Crippen molar-refractivity contribution in [3.63, 3.8) is 0 Å². The number of carbonyl (C=O) groups is 1. The Hall–Kier alpha value is -2.19. The van der Waals surface area contributed by atoms with Crippen LogP contribution in [0.4, 0.5) is 5.82 Å². The number of anilines is 1. The number of nitrogens with one attached hydrogen (secondary N) is 1. The molecule has 4 heterocycles. The van der Waals surface area contributed by atoms with Crippen LogP contribution in [0.25, 0.3) is 11.0 Å². The van der Waals surface area contributed by atoms with Gasteiger partial charge in [-0.05, 0) is 44.8 Å². The minimum atomic E-state index is 0.0112. The lowest BCUT2D eigenvalue weighted by Gasteiger charge is -2.45. The summed E-state index contributed by atoms with van der Waals surface area (Å²) in [5.41, 5.74) is 6.55. The van der Waals surface area contributed by atoms with Gasteiger partial charge in [0.2, 0.25) is 5.91 Å². The highest BCUT2D eigenvalue weighted by Crippen LogP contribution is 2.46. The van der Waals surface area contributed by atoms with E-state index in [4.69, 9.17) is 5.73 Å². The summed E-state index contributed by atoms with van der Waals surface area (Å²) >= 11 is 0. The summed E-state index contributed by atoms with van der Waals surface area (Å²) in [5.74, 6) is 1.53. The molecular formula is C20H29N7O. The average molecular weight is 384 g/mol. The average Bonchev–Trinajstić information content (AvgIpc) is 3.30. The quantitative estimate of drug-likeness (QED) is 0.811. The molecule has 0 radical (unpaired) electrons. The number of piperidine rings is 1. The van der Waals surface area contributed by atoms with Crippen molar-refractivity contribution in [1.29, 1.82) is 0 Å². The number of fused-ring (bicyclic) bond motifs is 1. The van der Waals surface area contributed by atoms with Gasteiger partial charge in [0, 0.05) is 44.8 Å². The molecule has 2 aromatic heterocycles. The van der Waals surface area contributed by atoms with Crippen molar-refractivity contribution < 1.29 is 4.79 Å². The van der Waals surface area contributed by atoms with Crippen LogP contribution >= 0.6 is 0 Å². The molecule has 5 rings (SSSR count). The van der Waals surface area contributed by atoms with Crippen molar-refractivity contribution in [3.05, 3.63) is 18.6 Å². The zero-order valence-corrected chi connectivity index (χ0v) is 16.3. The highest BCUT2D eigenvalue weighted by Gasteiger charge is 2.54. The van der Waals surface area contributed by atoms with Gasteiger partial charge in [-0.2, -0.15) is 0 Å². The van der Waals surface area contributed by atoms with Gasteiger partial charge >= 0.3 is 0 Å². The van der Waals surface area contributed by atoms with Crippen LogP contribution in [-0.2, 0) is 4.79 Å². The molecule has 1 aliphatic carbocycles. The molecule has 0 aromatic carbocycles. The summed E-state index contributed by atoms with van der Waals surface area (Å²) in [7, 11) is 0. The summed E-state index contributed by atoms with van der Waals surface area (Å²) in [5, 5.41) is 1.06. The summed E-state index contributed by atoms with van der Waals surface area (Å²) in [4.78, 5) is 32.3. The van der Waals surface area contributed by atoms with Crippen LogP contribution in [0.1, 0.15) is 25.7 Å². The Morgan fingerprint density at radius 3 is 2.79 bits per heavy atom. The molecule has 2 aromatic rings. The number of H-pyrrole nitrogens is 1. The maximum atomic E-state index is 13.3. The summed E-state index contributed by atoms with van der Waals surface area (Å²) < 4.78 is 0. The lowest BCUT2D eigenvalue weighted by molar-refractivity contribution is -0.140. The number of rotatable bonds is 4. The Kier molecular flexibility index (Phi) is 4.47. The van der Waals surface area contributed by atoms with Crippen molar-refractivity contribution in [3.8, 4) is 0 Å². The number of hydrogen-bond acceptors (Lipinski definition) is 6. The Bertz CT molecular complexity index is 853. The molecule has 3 N–H and O–H groups in total. The van der Waals surface area contributed by atoms with E-state index in [9.17, 15) is 4.79 Å². The van der Waals surface area contributed by atoms with Crippen LogP contribution in [0, 0.1) is 5.92 Å². The van der Waals surface area contributed by atoms with Gasteiger partial charge in [0.15, 0.2) is 0 Å². The number of nitrogens with two attached hydrogens (primary N) is 1. The number of piperazine rings is 1. The first kappa shape index (κ1) is 17.9. The normalized spacial score (nSPS) is 22.9. The number of hydrogen-bond donors (Lipinski definition) is 2. The molecule has 0 atom stereocenters. The second kappa shape index (κ2) is 7.00. The summed E-state index contributed by atoms with van der Waals surface area (Å²) in [6, 6.07) is 2.04. The Balaban J connectivity index is 1.28. The number of aromatic amines is 1. The van der Waals surface area contributed by atoms with Crippen LogP contribution < -0.4 is 10.6 Å². The van der Waals surface area contributed by atoms with E-state index in [1.54, 1.807) is 6.33 Å². The lowest BCUT2D eigenvalue weighted by atomic mass is 9.93. The molecule has 0 bridgehead atoms. The van der Waals surface area contributed by atoms with Crippen LogP contribution in [0.15, 0.2) is 18.6 Å². The minimum absolute atomic E-state index is 0.0112. The lowest BCUT2D eigenvalue weighted by Crippen LogP contribution is -2.59. The van der Waals surface area contributed by atoms with Gasteiger partial charge in [-0.15, -0.1) is 0 Å². The molecule has 8 nitrogen and oxygen atoms in total. The molecular weight excluding hydrogens is 354 g/mol. The smallest absolute Gasteiger partial charge is 0.226 e. The third-order valence-electron chi connectivity index (χ3n) is 6.76. The maximum absolute atomic E-state index is 13.3. The van der Waals surface area contributed by atoms with Crippen LogP contribution in [0.2, 0.25) is 0 Å². The molecule has 8 heteroatoms. The first-order valence-corrected chi connectivity index (χ1v) is 10.5. The second-order valence-electron chi connectivity index (χ2n) is 8.48. The van der Waals surface area contributed by atoms with Gasteiger partial charge in [0.25, 0.3) is 0 Å². The fraction of sp³-hybridized carbons (Fsp3) is 0.650. The number of amides is 1.